The molecule has 0 bridgehead atoms. The predicted octanol–water partition coefficient (Wildman–Crippen LogP) is 2.40. The van der Waals surface area contributed by atoms with Gasteiger partial charge in [-0.15, -0.1) is 10.2 Å². The SMILES string of the molecule is [2H]N(C)c1nnc(-c2ccc(Oc3ccnc(C)n3)cc2)n1[2H]. The number of aryl methyl sites for hydroxylation is 1. The Labute approximate surface area is 124 Å². The molecule has 3 rings (SSSR count). The van der Waals surface area contributed by atoms with Crippen molar-refractivity contribution in [3.63, 3.8) is 0 Å². The van der Waals surface area contributed by atoms with Crippen LogP contribution in [0, 0.1) is 6.92 Å². The van der Waals surface area contributed by atoms with Crippen LogP contribution in [0.3, 0.4) is 0 Å². The fourth-order valence-electron chi connectivity index (χ4n) is 1.73. The van der Waals surface area contributed by atoms with Gasteiger partial charge in [0.15, 0.2) is 8.65 Å². The van der Waals surface area contributed by atoms with Crippen LogP contribution in [0.1, 0.15) is 5.82 Å². The molecule has 0 fully saturated rings. The molecule has 2 heterocycles. The summed E-state index contributed by atoms with van der Waals surface area (Å²) in [6.45, 7) is 1.79. The highest BCUT2D eigenvalue weighted by molar-refractivity contribution is 5.57. The molecule has 0 amide bonds. The number of hydrogen-bond acceptors (Lipinski definition) is 6. The van der Waals surface area contributed by atoms with Crippen molar-refractivity contribution in [1.29, 1.82) is 0 Å². The minimum Gasteiger partial charge on any atom is -0.439 e. The van der Waals surface area contributed by atoms with Crippen LogP contribution in [-0.2, 0) is 0 Å². The Morgan fingerprint density at radius 1 is 1.24 bits per heavy atom. The number of benzene rings is 1. The summed E-state index contributed by atoms with van der Waals surface area (Å²) in [4.78, 5) is 9.19. The van der Waals surface area contributed by atoms with Crippen LogP contribution in [-0.4, -0.2) is 32.2 Å². The van der Waals surface area contributed by atoms with Crippen LogP contribution >= 0.6 is 0 Å². The summed E-state index contributed by atoms with van der Waals surface area (Å²) in [5.41, 5.74) is 0.701. The van der Waals surface area contributed by atoms with Crippen molar-refractivity contribution in [3.05, 3.63) is 42.4 Å². The maximum Gasteiger partial charge on any atom is 0.222 e. The van der Waals surface area contributed by atoms with E-state index >= 15 is 0 Å². The highest BCUT2D eigenvalue weighted by Crippen LogP contribution is 2.23. The zero-order valence-electron chi connectivity index (χ0n) is 13.6. The van der Waals surface area contributed by atoms with Gasteiger partial charge in [-0.05, 0) is 31.2 Å². The second-order valence-electron chi connectivity index (χ2n) is 4.23. The first-order valence-electron chi connectivity index (χ1n) is 7.19. The van der Waals surface area contributed by atoms with Gasteiger partial charge in [0.05, 0.1) is 0 Å². The molecule has 106 valence electrons. The molecule has 21 heavy (non-hydrogen) atoms. The molecule has 7 nitrogen and oxygen atoms in total. The summed E-state index contributed by atoms with van der Waals surface area (Å²) in [5, 5.41) is 8.73. The third kappa shape index (κ3) is 2.97. The molecule has 3 aromatic rings. The zero-order valence-corrected chi connectivity index (χ0v) is 11.6. The van der Waals surface area contributed by atoms with Gasteiger partial charge in [0.2, 0.25) is 11.8 Å². The van der Waals surface area contributed by atoms with Crippen molar-refractivity contribution in [3.8, 4) is 23.0 Å². The number of nitrogens with zero attached hydrogens (tertiary/aromatic N) is 4. The van der Waals surface area contributed by atoms with E-state index in [-0.39, 0.29) is 5.95 Å². The summed E-state index contributed by atoms with van der Waals surface area (Å²) < 4.78 is 21.0. The smallest absolute Gasteiger partial charge is 0.222 e. The van der Waals surface area contributed by atoms with Gasteiger partial charge in [-0.3, -0.25) is 0 Å². The van der Waals surface area contributed by atoms with Crippen molar-refractivity contribution in [1.82, 2.24) is 25.1 Å². The molecule has 0 aliphatic heterocycles. The minimum absolute atomic E-state index is 0.136. The lowest BCUT2D eigenvalue weighted by Crippen LogP contribution is -1.92. The van der Waals surface area contributed by atoms with E-state index in [0.29, 0.717) is 28.8 Å². The Morgan fingerprint density at radius 3 is 2.71 bits per heavy atom. The van der Waals surface area contributed by atoms with Crippen molar-refractivity contribution < 1.29 is 7.56 Å². The second kappa shape index (κ2) is 5.58. The number of nitrogens with one attached hydrogen (secondary N) is 2. The summed E-state index contributed by atoms with van der Waals surface area (Å²) in [7, 11) is 1.49. The van der Waals surface area contributed by atoms with Crippen LogP contribution in [0.2, 0.25) is 2.82 Å². The maximum atomic E-state index is 7.93. The lowest BCUT2D eigenvalue weighted by Gasteiger charge is -2.05. The van der Waals surface area contributed by atoms with Crippen molar-refractivity contribution >= 4 is 5.95 Å². The van der Waals surface area contributed by atoms with E-state index in [0.717, 1.165) is 10.3 Å². The quantitative estimate of drug-likeness (QED) is 0.764. The molecule has 1 aromatic carbocycles. The minimum atomic E-state index is 0.136. The van der Waals surface area contributed by atoms with Gasteiger partial charge in [-0.1, -0.05) is 0 Å². The fraction of sp³-hybridized carbons (Fsp3) is 0.143. The molecule has 2 aromatic heterocycles. The van der Waals surface area contributed by atoms with Crippen LogP contribution in [0.4, 0.5) is 5.95 Å². The average Bonchev–Trinajstić information content (AvgIpc) is 2.90. The highest BCUT2D eigenvalue weighted by atomic mass is 16.5. The van der Waals surface area contributed by atoms with Crippen LogP contribution in [0.15, 0.2) is 36.5 Å². The van der Waals surface area contributed by atoms with E-state index in [1.165, 1.54) is 7.05 Å². The number of rotatable bonds is 4. The monoisotopic (exact) mass is 284 g/mol. The van der Waals surface area contributed by atoms with Gasteiger partial charge in [0.1, 0.15) is 11.6 Å². The van der Waals surface area contributed by atoms with Crippen molar-refractivity contribution in [2.75, 3.05) is 12.4 Å². The molecular formula is C14H14N6O. The summed E-state index contributed by atoms with van der Waals surface area (Å²) in [6, 6.07) is 8.73. The highest BCUT2D eigenvalue weighted by Gasteiger charge is 2.05. The molecule has 0 unspecified atom stereocenters. The molecule has 0 radical (unpaired) electrons. The van der Waals surface area contributed by atoms with E-state index in [9.17, 15) is 0 Å². The summed E-state index contributed by atoms with van der Waals surface area (Å²) in [5.74, 6) is 2.20. The Morgan fingerprint density at radius 2 is 2.05 bits per heavy atom. The molecular weight excluding hydrogens is 268 g/mol. The fourth-order valence-corrected chi connectivity index (χ4v) is 1.73. The lowest BCUT2D eigenvalue weighted by molar-refractivity contribution is 0.460. The first kappa shape index (κ1) is 10.8. The Balaban J connectivity index is 1.82. The zero-order chi connectivity index (χ0) is 16.4. The van der Waals surface area contributed by atoms with Gasteiger partial charge in [-0.25, -0.2) is 4.98 Å². The van der Waals surface area contributed by atoms with Gasteiger partial charge in [0, 0.05) is 24.9 Å². The number of anilines is 1. The van der Waals surface area contributed by atoms with Gasteiger partial charge >= 0.3 is 0 Å². The van der Waals surface area contributed by atoms with Gasteiger partial charge in [0.25, 0.3) is 0 Å². The number of ether oxygens (including phenoxy) is 1. The van der Waals surface area contributed by atoms with E-state index in [1.54, 1.807) is 43.5 Å². The van der Waals surface area contributed by atoms with Crippen LogP contribution in [0.25, 0.3) is 11.4 Å². The van der Waals surface area contributed by atoms with Crippen molar-refractivity contribution in [2.24, 2.45) is 0 Å². The number of hydrogen-bond donors (Lipinski definition) is 2. The van der Waals surface area contributed by atoms with Crippen LogP contribution in [0.5, 0.6) is 11.6 Å². The summed E-state index contributed by atoms with van der Waals surface area (Å²) in [6.07, 6.45) is 1.63. The van der Waals surface area contributed by atoms with Gasteiger partial charge < -0.3 is 15.0 Å². The summed E-state index contributed by atoms with van der Waals surface area (Å²) >= 11 is 0. The van der Waals surface area contributed by atoms with Crippen molar-refractivity contribution in [2.45, 2.75) is 6.92 Å². The molecule has 0 aliphatic carbocycles. The number of aromatic amines is 1. The molecule has 0 saturated carbocycles. The van der Waals surface area contributed by atoms with E-state index < -0.39 is 0 Å². The third-order valence-electron chi connectivity index (χ3n) is 2.73. The largest absolute Gasteiger partial charge is 0.439 e. The topological polar surface area (TPSA) is 88.6 Å². The lowest BCUT2D eigenvalue weighted by atomic mass is 10.2. The predicted molar refractivity (Wildman–Crippen MR) is 78.2 cm³/mol. The molecule has 7 heteroatoms. The number of aromatic nitrogens is 5. The second-order valence-corrected chi connectivity index (χ2v) is 4.23. The standard InChI is InChI=1S/C14H14N6O/c1-9-16-8-7-12(17-9)21-11-5-3-10(4-6-11)13-18-14(15-2)20-19-13/h3-8H,1-2H3,(H2,15,18,19,20)/i/hD2. The Bertz CT molecular complexity index is 818. The first-order valence-corrected chi connectivity index (χ1v) is 6.30. The molecule has 0 atom stereocenters. The third-order valence-corrected chi connectivity index (χ3v) is 2.73. The Hall–Kier alpha value is -2.96. The number of H-pyrrole nitrogens is 1. The Kier molecular flexibility index (Phi) is 2.86. The van der Waals surface area contributed by atoms with E-state index in [4.69, 9.17) is 7.56 Å². The van der Waals surface area contributed by atoms with E-state index in [1.807, 2.05) is 0 Å². The van der Waals surface area contributed by atoms with E-state index in [2.05, 4.69) is 20.2 Å². The molecule has 0 aliphatic rings. The maximum absolute atomic E-state index is 7.93. The normalized spacial score (nSPS) is 11.7. The molecule has 0 spiro atoms. The molecule has 0 saturated heterocycles. The average molecular weight is 284 g/mol. The van der Waals surface area contributed by atoms with Gasteiger partial charge in [-0.2, -0.15) is 4.98 Å². The molecule has 2 N–H and O–H groups in total. The first-order chi connectivity index (χ1) is 11.0. The van der Waals surface area contributed by atoms with Crippen LogP contribution < -0.4 is 10.0 Å².